The molecule has 72 valence electrons. The Balaban J connectivity index is 2.86. The van der Waals surface area contributed by atoms with Gasteiger partial charge in [-0.3, -0.25) is 0 Å². The maximum Gasteiger partial charge on any atom is 0.132 e. The van der Waals surface area contributed by atoms with Crippen LogP contribution >= 0.6 is 0 Å². The van der Waals surface area contributed by atoms with Crippen LogP contribution in [0, 0.1) is 0 Å². The molecule has 0 saturated heterocycles. The lowest BCUT2D eigenvalue weighted by Gasteiger charge is -2.00. The SMILES string of the molecule is CCCCOCCCC=COF. The number of hydrogen-bond acceptors (Lipinski definition) is 2. The van der Waals surface area contributed by atoms with E-state index in [0.717, 1.165) is 45.2 Å². The summed E-state index contributed by atoms with van der Waals surface area (Å²) >= 11 is 0. The summed E-state index contributed by atoms with van der Waals surface area (Å²) in [5, 5.41) is 0. The minimum absolute atomic E-state index is 0.747. The van der Waals surface area contributed by atoms with Crippen molar-refractivity contribution < 1.29 is 14.2 Å². The molecule has 0 atom stereocenters. The number of allylic oxidation sites excluding steroid dienone is 1. The predicted octanol–water partition coefficient (Wildman–Crippen LogP) is 3.00. The zero-order valence-electron chi connectivity index (χ0n) is 7.59. The first-order chi connectivity index (χ1) is 5.91. The Morgan fingerprint density at radius 2 is 2.00 bits per heavy atom. The highest BCUT2D eigenvalue weighted by Gasteiger charge is 1.86. The van der Waals surface area contributed by atoms with E-state index in [1.165, 1.54) is 0 Å². The highest BCUT2D eigenvalue weighted by molar-refractivity contribution is 4.71. The highest BCUT2D eigenvalue weighted by Crippen LogP contribution is 1.94. The lowest BCUT2D eigenvalue weighted by Crippen LogP contribution is -1.95. The topological polar surface area (TPSA) is 18.5 Å². The highest BCUT2D eigenvalue weighted by atomic mass is 19.3. The minimum Gasteiger partial charge on any atom is -0.381 e. The van der Waals surface area contributed by atoms with Crippen LogP contribution in [0.25, 0.3) is 0 Å². The molecule has 0 unspecified atom stereocenters. The van der Waals surface area contributed by atoms with Crippen molar-refractivity contribution in [1.29, 1.82) is 0 Å². The number of rotatable bonds is 8. The van der Waals surface area contributed by atoms with Crippen LogP contribution in [0.4, 0.5) is 4.53 Å². The Hall–Kier alpha value is -0.570. The van der Waals surface area contributed by atoms with Crippen LogP contribution in [0.15, 0.2) is 12.3 Å². The van der Waals surface area contributed by atoms with Crippen LogP contribution in [0.5, 0.6) is 0 Å². The molecule has 0 aliphatic rings. The van der Waals surface area contributed by atoms with Gasteiger partial charge in [-0.15, -0.1) is 0 Å². The Morgan fingerprint density at radius 1 is 1.25 bits per heavy atom. The normalized spacial score (nSPS) is 10.8. The van der Waals surface area contributed by atoms with E-state index >= 15 is 0 Å². The zero-order chi connectivity index (χ0) is 9.07. The van der Waals surface area contributed by atoms with E-state index in [-0.39, 0.29) is 0 Å². The van der Waals surface area contributed by atoms with Crippen molar-refractivity contribution in [1.82, 2.24) is 0 Å². The second-order valence-electron chi connectivity index (χ2n) is 2.57. The molecule has 0 amide bonds. The molecular formula is C9H17FO2. The summed E-state index contributed by atoms with van der Waals surface area (Å²) in [6.07, 6.45) is 6.69. The first kappa shape index (κ1) is 11.4. The van der Waals surface area contributed by atoms with Gasteiger partial charge in [0.1, 0.15) is 6.26 Å². The molecule has 0 saturated carbocycles. The molecule has 12 heavy (non-hydrogen) atoms. The van der Waals surface area contributed by atoms with Gasteiger partial charge in [0.25, 0.3) is 0 Å². The third-order valence-electron chi connectivity index (χ3n) is 1.45. The Morgan fingerprint density at radius 3 is 2.67 bits per heavy atom. The van der Waals surface area contributed by atoms with Gasteiger partial charge in [-0.1, -0.05) is 13.3 Å². The summed E-state index contributed by atoms with van der Waals surface area (Å²) in [6, 6.07) is 0. The van der Waals surface area contributed by atoms with Gasteiger partial charge < -0.3 is 9.68 Å². The number of halogens is 1. The Labute approximate surface area is 73.3 Å². The molecule has 0 aliphatic carbocycles. The smallest absolute Gasteiger partial charge is 0.132 e. The number of hydrogen-bond donors (Lipinski definition) is 0. The van der Waals surface area contributed by atoms with Gasteiger partial charge in [0.05, 0.1) is 0 Å². The maximum atomic E-state index is 11.1. The zero-order valence-corrected chi connectivity index (χ0v) is 7.59. The molecule has 0 heterocycles. The van der Waals surface area contributed by atoms with E-state index in [2.05, 4.69) is 11.9 Å². The molecule has 3 heteroatoms. The maximum absolute atomic E-state index is 11.1. The summed E-state index contributed by atoms with van der Waals surface area (Å²) in [6.45, 7) is 3.71. The second-order valence-corrected chi connectivity index (χ2v) is 2.57. The van der Waals surface area contributed by atoms with Crippen LogP contribution in [0.2, 0.25) is 0 Å². The van der Waals surface area contributed by atoms with Crippen molar-refractivity contribution in [3.63, 3.8) is 0 Å². The lowest BCUT2D eigenvalue weighted by molar-refractivity contribution is -0.0621. The molecule has 0 rings (SSSR count). The molecule has 0 aromatic carbocycles. The fraction of sp³-hybridized carbons (Fsp3) is 0.778. The van der Waals surface area contributed by atoms with E-state index in [1.54, 1.807) is 6.08 Å². The standard InChI is InChI=1S/C9H17FO2/c1-2-3-7-11-8-5-4-6-9-12-10/h6,9H,2-5,7-8H2,1H3. The molecular weight excluding hydrogens is 159 g/mol. The van der Waals surface area contributed by atoms with Crippen molar-refractivity contribution in [2.24, 2.45) is 0 Å². The van der Waals surface area contributed by atoms with E-state index in [1.807, 2.05) is 0 Å². The van der Waals surface area contributed by atoms with Gasteiger partial charge >= 0.3 is 0 Å². The Kier molecular flexibility index (Phi) is 9.93. The summed E-state index contributed by atoms with van der Waals surface area (Å²) in [5.41, 5.74) is 0. The summed E-state index contributed by atoms with van der Waals surface area (Å²) in [5.74, 6) is 0. The van der Waals surface area contributed by atoms with Gasteiger partial charge in [-0.05, 0) is 25.3 Å². The van der Waals surface area contributed by atoms with E-state index in [0.29, 0.717) is 0 Å². The molecule has 0 N–H and O–H groups in total. The van der Waals surface area contributed by atoms with Gasteiger partial charge in [-0.25, -0.2) is 0 Å². The van der Waals surface area contributed by atoms with Crippen LogP contribution in [-0.4, -0.2) is 13.2 Å². The van der Waals surface area contributed by atoms with Crippen LogP contribution < -0.4 is 0 Å². The van der Waals surface area contributed by atoms with Gasteiger partial charge in [-0.2, -0.15) is 0 Å². The molecule has 0 aromatic heterocycles. The monoisotopic (exact) mass is 176 g/mol. The molecule has 2 nitrogen and oxygen atoms in total. The fourth-order valence-corrected chi connectivity index (χ4v) is 0.756. The second kappa shape index (κ2) is 10.4. The van der Waals surface area contributed by atoms with Crippen LogP contribution in [-0.2, 0) is 9.68 Å². The van der Waals surface area contributed by atoms with Crippen LogP contribution in [0.3, 0.4) is 0 Å². The van der Waals surface area contributed by atoms with Crippen molar-refractivity contribution in [2.75, 3.05) is 13.2 Å². The largest absolute Gasteiger partial charge is 0.381 e. The van der Waals surface area contributed by atoms with Crippen LogP contribution in [0.1, 0.15) is 32.6 Å². The molecule has 0 aromatic rings. The number of unbranched alkanes of at least 4 members (excludes halogenated alkanes) is 2. The molecule has 0 aliphatic heterocycles. The van der Waals surface area contributed by atoms with Crippen molar-refractivity contribution in [3.05, 3.63) is 12.3 Å². The van der Waals surface area contributed by atoms with Gasteiger partial charge in [0.15, 0.2) is 0 Å². The van der Waals surface area contributed by atoms with Crippen molar-refractivity contribution >= 4 is 0 Å². The molecule has 0 radical (unpaired) electrons. The van der Waals surface area contributed by atoms with Crippen molar-refractivity contribution in [2.45, 2.75) is 32.6 Å². The van der Waals surface area contributed by atoms with E-state index in [4.69, 9.17) is 4.74 Å². The first-order valence-electron chi connectivity index (χ1n) is 4.42. The Bertz CT molecular complexity index is 105. The molecule has 0 spiro atoms. The third kappa shape index (κ3) is 9.43. The fourth-order valence-electron chi connectivity index (χ4n) is 0.756. The first-order valence-corrected chi connectivity index (χ1v) is 4.42. The quantitative estimate of drug-likeness (QED) is 0.418. The average Bonchev–Trinajstić information content (AvgIpc) is 2.10. The van der Waals surface area contributed by atoms with Crippen molar-refractivity contribution in [3.8, 4) is 0 Å². The predicted molar refractivity (Wildman–Crippen MR) is 46.3 cm³/mol. The third-order valence-corrected chi connectivity index (χ3v) is 1.45. The lowest BCUT2D eigenvalue weighted by atomic mass is 10.3. The summed E-state index contributed by atoms with van der Waals surface area (Å²) in [7, 11) is 0. The average molecular weight is 176 g/mol. The summed E-state index contributed by atoms with van der Waals surface area (Å²) in [4.78, 5) is 3.27. The van der Waals surface area contributed by atoms with E-state index < -0.39 is 0 Å². The minimum atomic E-state index is 0.747. The summed E-state index contributed by atoms with van der Waals surface area (Å²) < 4.78 is 16.3. The van der Waals surface area contributed by atoms with Gasteiger partial charge in [0, 0.05) is 17.7 Å². The van der Waals surface area contributed by atoms with Gasteiger partial charge in [0.2, 0.25) is 0 Å². The molecule has 0 bridgehead atoms. The van der Waals surface area contributed by atoms with E-state index in [9.17, 15) is 4.53 Å². The number of ether oxygens (including phenoxy) is 1. The molecule has 0 fully saturated rings.